The van der Waals surface area contributed by atoms with Crippen LogP contribution in [0, 0.1) is 0 Å². The fourth-order valence-corrected chi connectivity index (χ4v) is 1.09. The highest BCUT2D eigenvalue weighted by atomic mass is 16.4. The Morgan fingerprint density at radius 2 is 0.963 bits per heavy atom. The number of hydrogen-bond donors (Lipinski definition) is 2. The fourth-order valence-electron chi connectivity index (χ4n) is 1.09. The first-order valence-electron chi connectivity index (χ1n) is 10.3. The number of rotatable bonds is 9. The number of unbranched alkanes of at least 4 members (excludes halogenated alkanes) is 1. The third kappa shape index (κ3) is 68.0. The molecule has 6 nitrogen and oxygen atoms in total. The van der Waals surface area contributed by atoms with Gasteiger partial charge in [0.25, 0.3) is 0 Å². The molecule has 0 bridgehead atoms. The number of hydrogen-bond acceptors (Lipinski definition) is 4. The first-order chi connectivity index (χ1) is 12.7. The molecule has 6 heteroatoms. The van der Waals surface area contributed by atoms with Crippen LogP contribution in [0.3, 0.4) is 0 Å². The Hall–Kier alpha value is -1.43. The quantitative estimate of drug-likeness (QED) is 0.537. The van der Waals surface area contributed by atoms with Gasteiger partial charge in [0.05, 0.1) is 6.54 Å². The number of nitrogens with zero attached hydrogens (tertiary/aromatic N) is 1. The molecule has 0 saturated heterocycles. The second-order valence-corrected chi connectivity index (χ2v) is 5.47. The van der Waals surface area contributed by atoms with Crippen LogP contribution in [0.4, 0.5) is 0 Å². The van der Waals surface area contributed by atoms with Crippen molar-refractivity contribution in [1.29, 1.82) is 0 Å². The highest BCUT2D eigenvalue weighted by Gasteiger charge is 2.05. The second kappa shape index (κ2) is 35.6. The van der Waals surface area contributed by atoms with Crippen LogP contribution in [-0.4, -0.2) is 52.5 Å². The highest BCUT2D eigenvalue weighted by Crippen LogP contribution is 1.92. The van der Waals surface area contributed by atoms with Gasteiger partial charge in [0.15, 0.2) is 0 Å². The normalized spacial score (nSPS) is 8.37. The summed E-state index contributed by atoms with van der Waals surface area (Å²) in [7, 11) is 0. The van der Waals surface area contributed by atoms with E-state index in [4.69, 9.17) is 10.2 Å². The minimum atomic E-state index is -0.745. The molecule has 0 unspecified atom stereocenters. The maximum atomic E-state index is 10.3. The average molecular weight is 394 g/mol. The van der Waals surface area contributed by atoms with Gasteiger partial charge in [0.2, 0.25) is 0 Å². The molecule has 0 fully saturated rings. The smallest absolute Gasteiger partial charge is 0.317 e. The monoisotopic (exact) mass is 393 g/mol. The van der Waals surface area contributed by atoms with Crippen LogP contribution in [0.25, 0.3) is 0 Å². The van der Waals surface area contributed by atoms with E-state index in [1.54, 1.807) is 13.8 Å². The predicted octanol–water partition coefficient (Wildman–Crippen LogP) is 5.49. The van der Waals surface area contributed by atoms with Crippen LogP contribution < -0.4 is 0 Å². The lowest BCUT2D eigenvalue weighted by Crippen LogP contribution is -2.31. The van der Waals surface area contributed by atoms with E-state index in [2.05, 4.69) is 27.7 Å². The molecular formula is C21H47NO5. The summed E-state index contributed by atoms with van der Waals surface area (Å²) < 4.78 is 0. The molecule has 0 heterocycles. The maximum Gasteiger partial charge on any atom is 0.317 e. The minimum absolute atomic E-state index is 0.182. The molecule has 166 valence electrons. The first-order valence-corrected chi connectivity index (χ1v) is 10.3. The van der Waals surface area contributed by atoms with Crippen molar-refractivity contribution in [3.05, 3.63) is 0 Å². The van der Waals surface area contributed by atoms with Crippen molar-refractivity contribution >= 4 is 17.7 Å². The lowest BCUT2D eigenvalue weighted by atomic mass is 10.3. The molecular weight excluding hydrogens is 346 g/mol. The molecule has 0 amide bonds. The predicted molar refractivity (Wildman–Crippen MR) is 115 cm³/mol. The van der Waals surface area contributed by atoms with Crippen LogP contribution >= 0.6 is 0 Å². The SMILES string of the molecule is CC.CCC(=O)O.CCC(C)=O.CCCC.CCCN(CCC)CC(=O)O. The van der Waals surface area contributed by atoms with Crippen molar-refractivity contribution in [2.75, 3.05) is 19.6 Å². The Balaban J connectivity index is -0.0000000850. The van der Waals surface area contributed by atoms with Gasteiger partial charge in [0.1, 0.15) is 5.78 Å². The molecule has 0 aliphatic heterocycles. The van der Waals surface area contributed by atoms with Gasteiger partial charge in [-0.15, -0.1) is 0 Å². The van der Waals surface area contributed by atoms with Crippen LogP contribution in [0.2, 0.25) is 0 Å². The lowest BCUT2D eigenvalue weighted by molar-refractivity contribution is -0.138. The van der Waals surface area contributed by atoms with Crippen molar-refractivity contribution in [2.24, 2.45) is 0 Å². The molecule has 0 radical (unpaired) electrons. The van der Waals surface area contributed by atoms with Crippen molar-refractivity contribution in [2.45, 2.75) is 101 Å². The van der Waals surface area contributed by atoms with Crippen molar-refractivity contribution in [3.63, 3.8) is 0 Å². The maximum absolute atomic E-state index is 10.3. The van der Waals surface area contributed by atoms with Crippen LogP contribution in [0.15, 0.2) is 0 Å². The van der Waals surface area contributed by atoms with Crippen molar-refractivity contribution < 1.29 is 24.6 Å². The molecule has 0 aromatic rings. The molecule has 27 heavy (non-hydrogen) atoms. The van der Waals surface area contributed by atoms with Gasteiger partial charge in [-0.2, -0.15) is 0 Å². The molecule has 0 spiro atoms. The zero-order valence-corrected chi connectivity index (χ0v) is 19.4. The number of carbonyl (C=O) groups excluding carboxylic acids is 1. The summed E-state index contributed by atoms with van der Waals surface area (Å²) in [5, 5.41) is 16.2. The summed E-state index contributed by atoms with van der Waals surface area (Å²) >= 11 is 0. The molecule has 0 rings (SSSR count). The first kappa shape index (κ1) is 36.5. The van der Waals surface area contributed by atoms with Crippen molar-refractivity contribution in [1.82, 2.24) is 4.90 Å². The summed E-state index contributed by atoms with van der Waals surface area (Å²) in [6, 6.07) is 0. The standard InChI is InChI=1S/C8H17NO2.C4H8O.C4H10.C3H6O2.C2H6/c1-3-5-9(6-4-2)7-8(10)11;1-3-4(2)5;1-3-4-2;1-2-3(4)5;1-2/h3-7H2,1-2H3,(H,10,11);3H2,1-2H3;3-4H2,1-2H3;2H2,1H3,(H,4,5);1-2H3. The van der Waals surface area contributed by atoms with E-state index in [-0.39, 0.29) is 18.7 Å². The lowest BCUT2D eigenvalue weighted by Gasteiger charge is -2.17. The van der Waals surface area contributed by atoms with E-state index in [0.29, 0.717) is 6.42 Å². The molecule has 2 N–H and O–H groups in total. The average Bonchev–Trinajstić information content (AvgIpc) is 2.64. The van der Waals surface area contributed by atoms with E-state index < -0.39 is 11.9 Å². The largest absolute Gasteiger partial charge is 0.481 e. The number of aliphatic carboxylic acids is 2. The van der Waals surface area contributed by atoms with Gasteiger partial charge in [0, 0.05) is 12.8 Å². The highest BCUT2D eigenvalue weighted by molar-refractivity contribution is 5.74. The number of carbonyl (C=O) groups is 3. The fraction of sp³-hybridized carbons (Fsp3) is 0.857. The Morgan fingerprint density at radius 3 is 1.07 bits per heavy atom. The molecule has 0 aliphatic carbocycles. The van der Waals surface area contributed by atoms with Crippen LogP contribution in [-0.2, 0) is 14.4 Å². The molecule has 0 aromatic heterocycles. The molecule has 0 saturated carbocycles. The van der Waals surface area contributed by atoms with Gasteiger partial charge in [-0.05, 0) is 32.9 Å². The van der Waals surface area contributed by atoms with E-state index >= 15 is 0 Å². The third-order valence-electron chi connectivity index (χ3n) is 2.74. The number of ketones is 1. The van der Waals surface area contributed by atoms with Crippen LogP contribution in [0.1, 0.15) is 101 Å². The van der Waals surface area contributed by atoms with Crippen LogP contribution in [0.5, 0.6) is 0 Å². The third-order valence-corrected chi connectivity index (χ3v) is 2.74. The van der Waals surface area contributed by atoms with Crippen molar-refractivity contribution in [3.8, 4) is 0 Å². The van der Waals surface area contributed by atoms with Gasteiger partial charge in [-0.1, -0.05) is 68.2 Å². The Labute approximate surface area is 168 Å². The summed E-state index contributed by atoms with van der Waals surface area (Å²) in [4.78, 5) is 31.5. The summed E-state index contributed by atoms with van der Waals surface area (Å²) in [5.74, 6) is -1.22. The Kier molecular flexibility index (Phi) is 48.2. The van der Waals surface area contributed by atoms with Gasteiger partial charge < -0.3 is 15.0 Å². The Bertz CT molecular complexity index is 285. The topological polar surface area (TPSA) is 94.9 Å². The molecule has 0 atom stereocenters. The summed E-state index contributed by atoms with van der Waals surface area (Å²) in [6.45, 7) is 19.5. The summed E-state index contributed by atoms with van der Waals surface area (Å²) in [5.41, 5.74) is 0. The molecule has 0 aliphatic rings. The van der Waals surface area contributed by atoms with E-state index in [9.17, 15) is 14.4 Å². The zero-order chi connectivity index (χ0) is 22.7. The number of carboxylic acid groups (broad SMARTS) is 2. The number of Topliss-reactive ketones (excluding diaryl/α,β-unsaturated/α-hetero) is 1. The molecule has 0 aromatic carbocycles. The van der Waals surface area contributed by atoms with E-state index in [1.165, 1.54) is 12.8 Å². The second-order valence-electron chi connectivity index (χ2n) is 5.47. The Morgan fingerprint density at radius 1 is 0.667 bits per heavy atom. The van der Waals surface area contributed by atoms with Gasteiger partial charge >= 0.3 is 11.9 Å². The van der Waals surface area contributed by atoms with Gasteiger partial charge in [-0.3, -0.25) is 14.5 Å². The van der Waals surface area contributed by atoms with Gasteiger partial charge in [-0.25, -0.2) is 0 Å². The summed E-state index contributed by atoms with van der Waals surface area (Å²) in [6.07, 6.45) is 5.57. The van der Waals surface area contributed by atoms with E-state index in [1.807, 2.05) is 25.7 Å². The number of carboxylic acids is 2. The minimum Gasteiger partial charge on any atom is -0.481 e. The van der Waals surface area contributed by atoms with E-state index in [0.717, 1.165) is 25.9 Å². The zero-order valence-electron chi connectivity index (χ0n) is 19.4.